The largest absolute Gasteiger partial charge is 0.444 e. The van der Waals surface area contributed by atoms with Gasteiger partial charge in [-0.25, -0.2) is 4.79 Å². The fourth-order valence-electron chi connectivity index (χ4n) is 3.47. The molecule has 23 heavy (non-hydrogen) atoms. The van der Waals surface area contributed by atoms with Crippen molar-refractivity contribution >= 4 is 12.0 Å². The first-order valence-electron chi connectivity index (χ1n) is 8.43. The molecule has 2 heterocycles. The minimum Gasteiger partial charge on any atom is -0.444 e. The number of rotatable bonds is 2. The Kier molecular flexibility index (Phi) is 5.51. The molecule has 6 nitrogen and oxygen atoms in total. The Balaban J connectivity index is 1.87. The molecule has 0 spiro atoms. The predicted octanol–water partition coefficient (Wildman–Crippen LogP) is 2.40. The second-order valence-corrected chi connectivity index (χ2v) is 7.55. The number of hydrogen-bond donors (Lipinski definition) is 0. The number of nitrogens with zero attached hydrogens (tertiary/aromatic N) is 3. The Morgan fingerprint density at radius 2 is 1.78 bits per heavy atom. The van der Waals surface area contributed by atoms with Crippen LogP contribution in [0.3, 0.4) is 0 Å². The van der Waals surface area contributed by atoms with Crippen LogP contribution in [0.25, 0.3) is 0 Å². The summed E-state index contributed by atoms with van der Waals surface area (Å²) in [5.41, 5.74) is -0.472. The molecule has 0 N–H and O–H groups in total. The minimum absolute atomic E-state index is 0.0403. The van der Waals surface area contributed by atoms with Crippen LogP contribution in [0.1, 0.15) is 46.5 Å². The quantitative estimate of drug-likeness (QED) is 0.783. The molecule has 2 fully saturated rings. The summed E-state index contributed by atoms with van der Waals surface area (Å²) in [6, 6.07) is 1.93. The lowest BCUT2D eigenvalue weighted by Crippen LogP contribution is -2.43. The summed E-state index contributed by atoms with van der Waals surface area (Å²) in [5.74, 6) is 0.762. The lowest BCUT2D eigenvalue weighted by Gasteiger charge is -2.35. The van der Waals surface area contributed by atoms with Gasteiger partial charge in [0.25, 0.3) is 0 Å². The Bertz CT molecular complexity index is 492. The van der Waals surface area contributed by atoms with Crippen LogP contribution in [-0.4, -0.2) is 53.6 Å². The molecule has 2 atom stereocenters. The maximum atomic E-state index is 12.2. The average molecular weight is 321 g/mol. The van der Waals surface area contributed by atoms with Gasteiger partial charge >= 0.3 is 6.09 Å². The predicted molar refractivity (Wildman–Crippen MR) is 85.4 cm³/mol. The minimum atomic E-state index is -0.472. The first kappa shape index (κ1) is 17.6. The van der Waals surface area contributed by atoms with Crippen molar-refractivity contribution in [2.24, 2.45) is 11.8 Å². The van der Waals surface area contributed by atoms with Gasteiger partial charge in [0.2, 0.25) is 5.91 Å². The zero-order valence-corrected chi connectivity index (χ0v) is 14.4. The highest BCUT2D eigenvalue weighted by Crippen LogP contribution is 2.31. The molecule has 0 aromatic rings. The van der Waals surface area contributed by atoms with Crippen molar-refractivity contribution < 1.29 is 14.3 Å². The van der Waals surface area contributed by atoms with Crippen molar-refractivity contribution in [3.05, 3.63) is 0 Å². The number of hydrogen-bond acceptors (Lipinski definition) is 4. The summed E-state index contributed by atoms with van der Waals surface area (Å²) in [4.78, 5) is 27.7. The highest BCUT2D eigenvalue weighted by Gasteiger charge is 2.36. The first-order valence-corrected chi connectivity index (χ1v) is 8.43. The van der Waals surface area contributed by atoms with E-state index in [1.807, 2.05) is 31.7 Å². The van der Waals surface area contributed by atoms with Gasteiger partial charge in [0.15, 0.2) is 0 Å². The molecule has 2 saturated heterocycles. The van der Waals surface area contributed by atoms with Crippen molar-refractivity contribution in [3.8, 4) is 6.07 Å². The van der Waals surface area contributed by atoms with Crippen LogP contribution in [0.4, 0.5) is 4.79 Å². The van der Waals surface area contributed by atoms with Gasteiger partial charge in [-0.2, -0.15) is 5.26 Å². The lowest BCUT2D eigenvalue weighted by molar-refractivity contribution is -0.132. The molecule has 0 saturated carbocycles. The Morgan fingerprint density at radius 3 is 2.43 bits per heavy atom. The molecule has 0 unspecified atom stereocenters. The third-order valence-electron chi connectivity index (χ3n) is 4.58. The van der Waals surface area contributed by atoms with E-state index in [1.54, 1.807) is 4.90 Å². The summed E-state index contributed by atoms with van der Waals surface area (Å²) in [6.07, 6.45) is 2.74. The van der Waals surface area contributed by atoms with E-state index < -0.39 is 5.60 Å². The number of likely N-dealkylation sites (tertiary alicyclic amines) is 2. The second-order valence-electron chi connectivity index (χ2n) is 7.55. The number of amides is 2. The molecule has 0 aliphatic carbocycles. The van der Waals surface area contributed by atoms with E-state index >= 15 is 0 Å². The third-order valence-corrected chi connectivity index (χ3v) is 4.58. The number of ether oxygens (including phenoxy) is 1. The topological polar surface area (TPSA) is 73.6 Å². The number of piperidine rings is 1. The monoisotopic (exact) mass is 321 g/mol. The standard InChI is InChI=1S/C17H27N3O3/c1-17(2,3)23-16(22)20-10-7-14(12-20)13-5-4-9-19(11-13)15(21)6-8-18/h13-14H,4-7,9-12H2,1-3H3/t13-,14-/m1/s1. The van der Waals surface area contributed by atoms with Crippen LogP contribution < -0.4 is 0 Å². The van der Waals surface area contributed by atoms with Crippen LogP contribution in [-0.2, 0) is 9.53 Å². The third kappa shape index (κ3) is 4.85. The fraction of sp³-hybridized carbons (Fsp3) is 0.824. The van der Waals surface area contributed by atoms with E-state index in [0.29, 0.717) is 24.9 Å². The van der Waals surface area contributed by atoms with E-state index in [9.17, 15) is 9.59 Å². The maximum Gasteiger partial charge on any atom is 0.410 e. The van der Waals surface area contributed by atoms with Crippen molar-refractivity contribution in [1.82, 2.24) is 9.80 Å². The van der Waals surface area contributed by atoms with Gasteiger partial charge < -0.3 is 14.5 Å². The molecule has 0 aromatic carbocycles. The zero-order valence-electron chi connectivity index (χ0n) is 14.4. The molecular weight excluding hydrogens is 294 g/mol. The van der Waals surface area contributed by atoms with E-state index in [2.05, 4.69) is 0 Å². The van der Waals surface area contributed by atoms with Crippen molar-refractivity contribution in [2.75, 3.05) is 26.2 Å². The van der Waals surface area contributed by atoms with E-state index in [0.717, 1.165) is 32.4 Å². The second kappa shape index (κ2) is 7.20. The average Bonchev–Trinajstić information content (AvgIpc) is 2.96. The molecule has 6 heteroatoms. The van der Waals surface area contributed by atoms with Crippen LogP contribution in [0.15, 0.2) is 0 Å². The van der Waals surface area contributed by atoms with Gasteiger partial charge in [-0.15, -0.1) is 0 Å². The van der Waals surface area contributed by atoms with Crippen LogP contribution in [0.2, 0.25) is 0 Å². The molecule has 128 valence electrons. The summed E-state index contributed by atoms with van der Waals surface area (Å²) < 4.78 is 5.44. The van der Waals surface area contributed by atoms with Crippen molar-refractivity contribution in [3.63, 3.8) is 0 Å². The number of carbonyl (C=O) groups excluding carboxylic acids is 2. The maximum absolute atomic E-state index is 12.2. The first-order chi connectivity index (χ1) is 10.8. The van der Waals surface area contributed by atoms with Gasteiger partial charge in [-0.05, 0) is 51.9 Å². The molecular formula is C17H27N3O3. The molecule has 2 amide bonds. The Morgan fingerprint density at radius 1 is 1.13 bits per heavy atom. The van der Waals surface area contributed by atoms with Crippen LogP contribution in [0, 0.1) is 23.2 Å². The van der Waals surface area contributed by atoms with Crippen molar-refractivity contribution in [1.29, 1.82) is 5.26 Å². The SMILES string of the molecule is CC(C)(C)OC(=O)N1CC[C@@H]([C@@H]2CCCN(C(=O)CC#N)C2)C1. The summed E-state index contributed by atoms with van der Waals surface area (Å²) in [5, 5.41) is 8.68. The highest BCUT2D eigenvalue weighted by atomic mass is 16.6. The van der Waals surface area contributed by atoms with Crippen LogP contribution in [0.5, 0.6) is 0 Å². The smallest absolute Gasteiger partial charge is 0.410 e. The lowest BCUT2D eigenvalue weighted by atomic mass is 9.85. The van der Waals surface area contributed by atoms with Gasteiger partial charge in [-0.1, -0.05) is 0 Å². The highest BCUT2D eigenvalue weighted by molar-refractivity contribution is 5.78. The normalized spacial score (nSPS) is 25.1. The molecule has 0 radical (unpaired) electrons. The Labute approximate surface area is 138 Å². The molecule has 2 aliphatic heterocycles. The van der Waals surface area contributed by atoms with Gasteiger partial charge in [0.1, 0.15) is 12.0 Å². The fourth-order valence-corrected chi connectivity index (χ4v) is 3.47. The van der Waals surface area contributed by atoms with Gasteiger partial charge in [0, 0.05) is 26.2 Å². The molecule has 2 aliphatic rings. The van der Waals surface area contributed by atoms with E-state index in [1.165, 1.54) is 0 Å². The van der Waals surface area contributed by atoms with Gasteiger partial charge in [-0.3, -0.25) is 4.79 Å². The van der Waals surface area contributed by atoms with E-state index in [4.69, 9.17) is 10.00 Å². The summed E-state index contributed by atoms with van der Waals surface area (Å²) in [6.45, 7) is 8.52. The zero-order chi connectivity index (χ0) is 17.0. The summed E-state index contributed by atoms with van der Waals surface area (Å²) >= 11 is 0. The number of carbonyl (C=O) groups is 2. The number of nitriles is 1. The summed E-state index contributed by atoms with van der Waals surface area (Å²) in [7, 11) is 0. The molecule has 0 aromatic heterocycles. The van der Waals surface area contributed by atoms with Crippen molar-refractivity contribution in [2.45, 2.75) is 52.1 Å². The van der Waals surface area contributed by atoms with Gasteiger partial charge in [0.05, 0.1) is 6.07 Å². The Hall–Kier alpha value is -1.77. The van der Waals surface area contributed by atoms with Crippen LogP contribution >= 0.6 is 0 Å². The van der Waals surface area contributed by atoms with E-state index in [-0.39, 0.29) is 18.4 Å². The molecule has 0 bridgehead atoms. The molecule has 2 rings (SSSR count).